The first-order valence-electron chi connectivity index (χ1n) is 6.33. The molecular weight excluding hydrogens is 188 g/mol. The minimum Gasteiger partial charge on any atom is -0.353 e. The lowest BCUT2D eigenvalue weighted by molar-refractivity contribution is -0.170. The first kappa shape index (κ1) is 9.86. The van der Waals surface area contributed by atoms with E-state index in [2.05, 4.69) is 12.2 Å². The van der Waals surface area contributed by atoms with E-state index in [-0.39, 0.29) is 6.29 Å². The summed E-state index contributed by atoms with van der Waals surface area (Å²) in [4.78, 5) is 0. The molecule has 2 fully saturated rings. The molecule has 1 saturated heterocycles. The van der Waals surface area contributed by atoms with Crippen LogP contribution >= 0.6 is 0 Å². The Morgan fingerprint density at radius 2 is 2.20 bits per heavy atom. The van der Waals surface area contributed by atoms with E-state index in [1.165, 1.54) is 25.7 Å². The molecule has 2 aliphatic carbocycles. The van der Waals surface area contributed by atoms with Gasteiger partial charge in [-0.05, 0) is 49.9 Å². The molecule has 3 aliphatic rings. The van der Waals surface area contributed by atoms with Gasteiger partial charge in [0.2, 0.25) is 0 Å². The van der Waals surface area contributed by atoms with Crippen molar-refractivity contribution in [2.24, 2.45) is 17.8 Å². The minimum absolute atomic E-state index is 0.0989. The summed E-state index contributed by atoms with van der Waals surface area (Å²) in [6, 6.07) is 0. The Hall–Kier alpha value is -0.340. The fourth-order valence-corrected chi connectivity index (χ4v) is 3.16. The summed E-state index contributed by atoms with van der Waals surface area (Å²) in [5, 5.41) is 0. The predicted octanol–water partition coefficient (Wildman–Crippen LogP) is 2.74. The van der Waals surface area contributed by atoms with Crippen molar-refractivity contribution in [1.82, 2.24) is 0 Å². The smallest absolute Gasteiger partial charge is 0.157 e. The molecule has 84 valence electrons. The van der Waals surface area contributed by atoms with Crippen LogP contribution in [0.15, 0.2) is 12.2 Å². The van der Waals surface area contributed by atoms with Gasteiger partial charge in [-0.3, -0.25) is 0 Å². The third kappa shape index (κ3) is 2.11. The molecule has 0 radical (unpaired) electrons. The number of fused-ring (bicyclic) bond motifs is 2. The lowest BCUT2D eigenvalue weighted by Crippen LogP contribution is -2.26. The quantitative estimate of drug-likeness (QED) is 0.664. The van der Waals surface area contributed by atoms with Gasteiger partial charge >= 0.3 is 0 Å². The van der Waals surface area contributed by atoms with Crippen molar-refractivity contribution in [1.29, 1.82) is 0 Å². The van der Waals surface area contributed by atoms with E-state index in [4.69, 9.17) is 9.47 Å². The van der Waals surface area contributed by atoms with Crippen LogP contribution in [0.5, 0.6) is 0 Å². The zero-order valence-corrected chi connectivity index (χ0v) is 9.23. The number of allylic oxidation sites excluding steroid dienone is 2. The van der Waals surface area contributed by atoms with Crippen LogP contribution in [0.1, 0.15) is 32.1 Å². The van der Waals surface area contributed by atoms with Crippen LogP contribution in [0.4, 0.5) is 0 Å². The van der Waals surface area contributed by atoms with Crippen LogP contribution in [0.2, 0.25) is 0 Å². The maximum absolute atomic E-state index is 5.86. The summed E-state index contributed by atoms with van der Waals surface area (Å²) in [5.41, 5.74) is 0. The molecule has 4 atom stereocenters. The minimum atomic E-state index is 0.0989. The van der Waals surface area contributed by atoms with E-state index in [1.807, 2.05) is 0 Å². The Bertz CT molecular complexity index is 243. The van der Waals surface area contributed by atoms with Gasteiger partial charge < -0.3 is 9.47 Å². The molecule has 1 saturated carbocycles. The third-order valence-electron chi connectivity index (χ3n) is 4.05. The molecule has 2 heteroatoms. The SMILES string of the molecule is C1=CC2CC1CC2COC1CCCCO1. The van der Waals surface area contributed by atoms with E-state index in [0.29, 0.717) is 0 Å². The average Bonchev–Trinajstić information content (AvgIpc) is 2.89. The highest BCUT2D eigenvalue weighted by Gasteiger charge is 2.36. The van der Waals surface area contributed by atoms with E-state index < -0.39 is 0 Å². The summed E-state index contributed by atoms with van der Waals surface area (Å²) in [7, 11) is 0. The van der Waals surface area contributed by atoms with Gasteiger partial charge in [0.15, 0.2) is 6.29 Å². The molecule has 2 bridgehead atoms. The van der Waals surface area contributed by atoms with Crippen molar-refractivity contribution in [2.75, 3.05) is 13.2 Å². The van der Waals surface area contributed by atoms with E-state index >= 15 is 0 Å². The molecule has 15 heavy (non-hydrogen) atoms. The largest absolute Gasteiger partial charge is 0.353 e. The highest BCUT2D eigenvalue weighted by molar-refractivity contribution is 5.09. The molecule has 1 aliphatic heterocycles. The molecule has 0 aromatic rings. The molecule has 0 aromatic heterocycles. The maximum atomic E-state index is 5.86. The number of ether oxygens (including phenoxy) is 2. The zero-order chi connectivity index (χ0) is 10.1. The molecule has 0 N–H and O–H groups in total. The molecule has 1 heterocycles. The van der Waals surface area contributed by atoms with Gasteiger partial charge in [0.05, 0.1) is 6.61 Å². The Balaban J connectivity index is 1.44. The van der Waals surface area contributed by atoms with Gasteiger partial charge in [0.25, 0.3) is 0 Å². The first-order chi connectivity index (χ1) is 7.42. The van der Waals surface area contributed by atoms with Gasteiger partial charge in [0, 0.05) is 6.61 Å². The van der Waals surface area contributed by atoms with E-state index in [1.54, 1.807) is 0 Å². The van der Waals surface area contributed by atoms with Gasteiger partial charge in [-0.1, -0.05) is 12.2 Å². The molecule has 4 unspecified atom stereocenters. The first-order valence-corrected chi connectivity index (χ1v) is 6.33. The van der Waals surface area contributed by atoms with Crippen molar-refractivity contribution in [3.05, 3.63) is 12.2 Å². The summed E-state index contributed by atoms with van der Waals surface area (Å²) >= 11 is 0. The number of hydrogen-bond acceptors (Lipinski definition) is 2. The second-order valence-electron chi connectivity index (χ2n) is 5.17. The van der Waals surface area contributed by atoms with E-state index in [9.17, 15) is 0 Å². The second kappa shape index (κ2) is 4.26. The van der Waals surface area contributed by atoms with Gasteiger partial charge in [-0.2, -0.15) is 0 Å². The third-order valence-corrected chi connectivity index (χ3v) is 4.05. The van der Waals surface area contributed by atoms with Gasteiger partial charge in [0.1, 0.15) is 0 Å². The summed E-state index contributed by atoms with van der Waals surface area (Å²) in [6.07, 6.45) is 11.2. The maximum Gasteiger partial charge on any atom is 0.157 e. The van der Waals surface area contributed by atoms with Gasteiger partial charge in [-0.25, -0.2) is 0 Å². The van der Waals surface area contributed by atoms with Crippen LogP contribution < -0.4 is 0 Å². The Morgan fingerprint density at radius 1 is 1.20 bits per heavy atom. The zero-order valence-electron chi connectivity index (χ0n) is 9.23. The van der Waals surface area contributed by atoms with Crippen molar-refractivity contribution in [3.63, 3.8) is 0 Å². The van der Waals surface area contributed by atoms with Crippen LogP contribution in [0.3, 0.4) is 0 Å². The summed E-state index contributed by atoms with van der Waals surface area (Å²) in [5.74, 6) is 2.43. The lowest BCUT2D eigenvalue weighted by Gasteiger charge is -2.26. The van der Waals surface area contributed by atoms with Crippen molar-refractivity contribution < 1.29 is 9.47 Å². The number of rotatable bonds is 3. The second-order valence-corrected chi connectivity index (χ2v) is 5.17. The predicted molar refractivity (Wildman–Crippen MR) is 58.4 cm³/mol. The highest BCUT2D eigenvalue weighted by atomic mass is 16.7. The average molecular weight is 208 g/mol. The topological polar surface area (TPSA) is 18.5 Å². The van der Waals surface area contributed by atoms with Crippen LogP contribution in [0.25, 0.3) is 0 Å². The summed E-state index contributed by atoms with van der Waals surface area (Å²) < 4.78 is 11.4. The molecular formula is C13H20O2. The molecule has 0 amide bonds. The summed E-state index contributed by atoms with van der Waals surface area (Å²) in [6.45, 7) is 1.80. The van der Waals surface area contributed by atoms with E-state index in [0.717, 1.165) is 37.4 Å². The van der Waals surface area contributed by atoms with Crippen LogP contribution in [-0.4, -0.2) is 19.5 Å². The lowest BCUT2D eigenvalue weighted by atomic mass is 9.94. The van der Waals surface area contributed by atoms with Crippen LogP contribution in [0, 0.1) is 17.8 Å². The standard InChI is InChI=1S/C13H20O2/c1-2-6-14-13(3-1)15-9-12-8-10-4-5-11(12)7-10/h4-5,10-13H,1-3,6-9H2. The molecule has 0 spiro atoms. The monoisotopic (exact) mass is 208 g/mol. The van der Waals surface area contributed by atoms with Crippen molar-refractivity contribution >= 4 is 0 Å². The Morgan fingerprint density at radius 3 is 2.87 bits per heavy atom. The fourth-order valence-electron chi connectivity index (χ4n) is 3.16. The molecule has 3 rings (SSSR count). The normalized spacial score (nSPS) is 43.7. The number of hydrogen-bond donors (Lipinski definition) is 0. The molecule has 2 nitrogen and oxygen atoms in total. The highest BCUT2D eigenvalue weighted by Crippen LogP contribution is 2.43. The fraction of sp³-hybridized carbons (Fsp3) is 0.846. The van der Waals surface area contributed by atoms with Crippen molar-refractivity contribution in [3.8, 4) is 0 Å². The molecule has 0 aromatic carbocycles. The Labute approximate surface area is 91.6 Å². The Kier molecular flexibility index (Phi) is 2.80. The van der Waals surface area contributed by atoms with Gasteiger partial charge in [-0.15, -0.1) is 0 Å². The van der Waals surface area contributed by atoms with Crippen LogP contribution in [-0.2, 0) is 9.47 Å². The van der Waals surface area contributed by atoms with Crippen molar-refractivity contribution in [2.45, 2.75) is 38.4 Å².